The molecule has 2 rings (SSSR count). The van der Waals surface area contributed by atoms with Crippen molar-refractivity contribution >= 4 is 29.1 Å². The lowest BCUT2D eigenvalue weighted by Crippen LogP contribution is -2.53. The number of nitrogens with two attached hydrogens (primary N) is 1. The van der Waals surface area contributed by atoms with Crippen LogP contribution in [0.3, 0.4) is 0 Å². The molecule has 0 saturated carbocycles. The minimum absolute atomic E-state index is 0.0425. The molecule has 0 aliphatic carbocycles. The summed E-state index contributed by atoms with van der Waals surface area (Å²) in [6, 6.07) is 2.84. The lowest BCUT2D eigenvalue weighted by Gasteiger charge is -2.27. The van der Waals surface area contributed by atoms with Crippen LogP contribution in [-0.4, -0.2) is 36.6 Å². The van der Waals surface area contributed by atoms with Gasteiger partial charge in [-0.2, -0.15) is 13.2 Å². The van der Waals surface area contributed by atoms with Crippen LogP contribution in [0.1, 0.15) is 18.9 Å². The highest BCUT2D eigenvalue weighted by molar-refractivity contribution is 6.32. The molecule has 0 aromatic heterocycles. The molecule has 2 amide bonds. The smallest absolute Gasteiger partial charge is 0.345 e. The highest BCUT2D eigenvalue weighted by Crippen LogP contribution is 2.37. The van der Waals surface area contributed by atoms with Crippen molar-refractivity contribution in [3.05, 3.63) is 28.8 Å². The van der Waals surface area contributed by atoms with E-state index in [1.807, 2.05) is 5.32 Å². The first kappa shape index (κ1) is 18.5. The van der Waals surface area contributed by atoms with Crippen molar-refractivity contribution in [1.82, 2.24) is 5.32 Å². The summed E-state index contributed by atoms with van der Waals surface area (Å²) in [5, 5.41) is 2.17. The van der Waals surface area contributed by atoms with Gasteiger partial charge >= 0.3 is 6.18 Å². The number of benzene rings is 1. The lowest BCUT2D eigenvalue weighted by molar-refractivity contribution is -0.139. The second-order valence-electron chi connectivity index (χ2n) is 5.51. The van der Waals surface area contributed by atoms with E-state index in [9.17, 15) is 22.8 Å². The molecule has 0 saturated heterocycles. The maximum absolute atomic E-state index is 12.5. The van der Waals surface area contributed by atoms with Gasteiger partial charge in [-0.15, -0.1) is 0 Å². The number of hydrogen-bond acceptors (Lipinski definition) is 3. The molecule has 5 nitrogen and oxygen atoms in total. The van der Waals surface area contributed by atoms with Gasteiger partial charge < -0.3 is 11.1 Å². The number of anilines is 1. The summed E-state index contributed by atoms with van der Waals surface area (Å²) in [5.41, 5.74) is 6.71. The summed E-state index contributed by atoms with van der Waals surface area (Å²) in [6.45, 7) is 0.241. The summed E-state index contributed by atoms with van der Waals surface area (Å²) in [7, 11) is 0. The summed E-state index contributed by atoms with van der Waals surface area (Å²) in [4.78, 5) is 25.9. The van der Waals surface area contributed by atoms with E-state index in [4.69, 9.17) is 17.3 Å². The normalized spacial score (nSPS) is 18.2. The van der Waals surface area contributed by atoms with Crippen molar-refractivity contribution in [2.45, 2.75) is 38.0 Å². The molecule has 132 valence electrons. The summed E-state index contributed by atoms with van der Waals surface area (Å²) >= 11 is 6.09. The number of hydrogen-bond donors (Lipinski definition) is 2. The topological polar surface area (TPSA) is 75.4 Å². The van der Waals surface area contributed by atoms with Gasteiger partial charge in [-0.05, 0) is 24.1 Å². The van der Waals surface area contributed by atoms with Crippen LogP contribution in [0.4, 0.5) is 18.9 Å². The van der Waals surface area contributed by atoms with Crippen LogP contribution in [-0.2, 0) is 16.0 Å². The second-order valence-corrected chi connectivity index (χ2v) is 5.92. The highest BCUT2D eigenvalue weighted by atomic mass is 35.5. The Bertz CT molecular complexity index is 651. The first-order valence-corrected chi connectivity index (χ1v) is 7.74. The molecule has 2 atom stereocenters. The molecular formula is C15H17ClF3N3O2. The average Bonchev–Trinajstić information content (AvgIpc) is 2.91. The van der Waals surface area contributed by atoms with E-state index < -0.39 is 36.6 Å². The molecule has 1 aliphatic heterocycles. The third kappa shape index (κ3) is 3.81. The molecule has 1 heterocycles. The van der Waals surface area contributed by atoms with E-state index in [0.717, 1.165) is 4.90 Å². The van der Waals surface area contributed by atoms with Gasteiger partial charge in [0, 0.05) is 17.1 Å². The van der Waals surface area contributed by atoms with Gasteiger partial charge in [-0.1, -0.05) is 24.6 Å². The van der Waals surface area contributed by atoms with Crippen LogP contribution < -0.4 is 16.0 Å². The largest absolute Gasteiger partial charge is 0.405 e. The monoisotopic (exact) mass is 363 g/mol. The minimum Gasteiger partial charge on any atom is -0.345 e. The van der Waals surface area contributed by atoms with E-state index in [1.54, 1.807) is 25.1 Å². The third-order valence-electron chi connectivity index (χ3n) is 3.82. The van der Waals surface area contributed by atoms with Crippen LogP contribution in [0.15, 0.2) is 18.2 Å². The number of fused-ring (bicyclic) bond motifs is 1. The van der Waals surface area contributed by atoms with Crippen molar-refractivity contribution in [1.29, 1.82) is 0 Å². The highest BCUT2D eigenvalue weighted by Gasteiger charge is 2.41. The SMILES string of the molecule is CC[C@H](N)C(=O)N1c2cccc(Cl)c2C[C@@H]1C(=O)NCC(F)(F)F. The number of amides is 2. The van der Waals surface area contributed by atoms with Crippen LogP contribution >= 0.6 is 11.6 Å². The maximum Gasteiger partial charge on any atom is 0.405 e. The number of nitrogens with one attached hydrogen (secondary N) is 1. The Labute approximate surface area is 141 Å². The molecular weight excluding hydrogens is 347 g/mol. The predicted molar refractivity (Wildman–Crippen MR) is 83.8 cm³/mol. The molecule has 0 unspecified atom stereocenters. The average molecular weight is 364 g/mol. The number of rotatable bonds is 4. The van der Waals surface area contributed by atoms with Crippen molar-refractivity contribution in [2.24, 2.45) is 5.73 Å². The third-order valence-corrected chi connectivity index (χ3v) is 4.18. The maximum atomic E-state index is 12.5. The van der Waals surface area contributed by atoms with Crippen molar-refractivity contribution in [3.8, 4) is 0 Å². The van der Waals surface area contributed by atoms with E-state index >= 15 is 0 Å². The molecule has 1 aliphatic rings. The van der Waals surface area contributed by atoms with E-state index in [-0.39, 0.29) is 6.42 Å². The first-order chi connectivity index (χ1) is 11.2. The predicted octanol–water partition coefficient (Wildman–Crippen LogP) is 2.01. The van der Waals surface area contributed by atoms with Crippen molar-refractivity contribution < 1.29 is 22.8 Å². The van der Waals surface area contributed by atoms with E-state index in [2.05, 4.69) is 0 Å². The molecule has 3 N–H and O–H groups in total. The Morgan fingerprint density at radius 1 is 1.46 bits per heavy atom. The summed E-state index contributed by atoms with van der Waals surface area (Å²) < 4.78 is 37.0. The zero-order chi connectivity index (χ0) is 18.1. The zero-order valence-electron chi connectivity index (χ0n) is 12.9. The molecule has 1 aromatic carbocycles. The van der Waals surface area contributed by atoms with Crippen LogP contribution in [0.2, 0.25) is 5.02 Å². The second kappa shape index (κ2) is 6.98. The Morgan fingerprint density at radius 2 is 2.12 bits per heavy atom. The van der Waals surface area contributed by atoms with Crippen LogP contribution in [0, 0.1) is 0 Å². The van der Waals surface area contributed by atoms with Gasteiger partial charge in [0.25, 0.3) is 0 Å². The van der Waals surface area contributed by atoms with Gasteiger partial charge in [0.15, 0.2) is 0 Å². The minimum atomic E-state index is -4.53. The van der Waals surface area contributed by atoms with Gasteiger partial charge in [0.1, 0.15) is 12.6 Å². The molecule has 0 spiro atoms. The fourth-order valence-corrected chi connectivity index (χ4v) is 2.81. The fourth-order valence-electron chi connectivity index (χ4n) is 2.57. The number of nitrogens with zero attached hydrogens (tertiary/aromatic N) is 1. The van der Waals surface area contributed by atoms with Crippen molar-refractivity contribution in [3.63, 3.8) is 0 Å². The molecule has 24 heavy (non-hydrogen) atoms. The Morgan fingerprint density at radius 3 is 2.71 bits per heavy atom. The number of halogens is 4. The number of alkyl halides is 3. The lowest BCUT2D eigenvalue weighted by atomic mass is 10.1. The quantitative estimate of drug-likeness (QED) is 0.859. The Balaban J connectivity index is 2.31. The van der Waals surface area contributed by atoms with E-state index in [0.29, 0.717) is 22.7 Å². The standard InChI is InChI=1S/C15H17ClF3N3O2/c1-2-10(20)14(24)22-11-5-3-4-9(16)8(11)6-12(22)13(23)21-7-15(17,18)19/h3-5,10,12H,2,6-7,20H2,1H3,(H,21,23)/t10-,12+/m0/s1. The van der Waals surface area contributed by atoms with Gasteiger partial charge in [0.2, 0.25) is 11.8 Å². The molecule has 0 radical (unpaired) electrons. The summed E-state index contributed by atoms with van der Waals surface area (Å²) in [5.74, 6) is -1.41. The van der Waals surface area contributed by atoms with E-state index in [1.165, 1.54) is 0 Å². The zero-order valence-corrected chi connectivity index (χ0v) is 13.6. The summed E-state index contributed by atoms with van der Waals surface area (Å²) in [6.07, 6.45) is -4.16. The molecule has 0 fully saturated rings. The van der Waals surface area contributed by atoms with Gasteiger partial charge in [0.05, 0.1) is 6.04 Å². The molecule has 1 aromatic rings. The first-order valence-electron chi connectivity index (χ1n) is 7.36. The molecule has 9 heteroatoms. The Hall–Kier alpha value is -1.80. The van der Waals surface area contributed by atoms with Gasteiger partial charge in [-0.3, -0.25) is 14.5 Å². The molecule has 0 bridgehead atoms. The number of carbonyl (C=O) groups is 2. The Kier molecular flexibility index (Phi) is 5.39. The van der Waals surface area contributed by atoms with Crippen LogP contribution in [0.25, 0.3) is 0 Å². The van der Waals surface area contributed by atoms with Crippen LogP contribution in [0.5, 0.6) is 0 Å². The fraction of sp³-hybridized carbons (Fsp3) is 0.467. The number of carbonyl (C=O) groups excluding carboxylic acids is 2. The van der Waals surface area contributed by atoms with Crippen molar-refractivity contribution in [2.75, 3.05) is 11.4 Å². The van der Waals surface area contributed by atoms with Gasteiger partial charge in [-0.25, -0.2) is 0 Å².